The van der Waals surface area contributed by atoms with Crippen LogP contribution in [0.1, 0.15) is 12.5 Å². The number of rotatable bonds is 5. The minimum absolute atomic E-state index is 0.214. The second-order valence-electron chi connectivity index (χ2n) is 4.75. The molecular formula is C15H21N3OS. The molecule has 0 aromatic heterocycles. The number of thioether (sulfide) groups is 1. The van der Waals surface area contributed by atoms with Gasteiger partial charge in [-0.25, -0.2) is 0 Å². The summed E-state index contributed by atoms with van der Waals surface area (Å²) in [5.74, 6) is 0.975. The standard InChI is InChI=1S/C15H21N3OS/c1-2-20-15-5-3-4-14(13(15)12-16)18-8-6-17(7-9-18)10-11-19/h3-5,19H,2,6-11H2,1H3. The van der Waals surface area contributed by atoms with Gasteiger partial charge in [-0.05, 0) is 17.9 Å². The Kier molecular flexibility index (Phi) is 5.72. The number of anilines is 1. The molecule has 20 heavy (non-hydrogen) atoms. The minimum atomic E-state index is 0.214. The number of nitrogens with zero attached hydrogens (tertiary/aromatic N) is 3. The molecule has 1 aliphatic heterocycles. The number of aliphatic hydroxyl groups is 1. The number of benzene rings is 1. The van der Waals surface area contributed by atoms with E-state index in [9.17, 15) is 5.26 Å². The zero-order valence-corrected chi connectivity index (χ0v) is 12.7. The first kappa shape index (κ1) is 15.2. The van der Waals surface area contributed by atoms with Gasteiger partial charge in [0.1, 0.15) is 6.07 Å². The second kappa shape index (κ2) is 7.53. The van der Waals surface area contributed by atoms with E-state index in [-0.39, 0.29) is 6.61 Å². The molecule has 0 spiro atoms. The third kappa shape index (κ3) is 3.45. The first-order chi connectivity index (χ1) is 9.80. The quantitative estimate of drug-likeness (QED) is 0.838. The Labute approximate surface area is 125 Å². The molecule has 4 nitrogen and oxygen atoms in total. The van der Waals surface area contributed by atoms with Crippen LogP contribution in [0.15, 0.2) is 23.1 Å². The van der Waals surface area contributed by atoms with Gasteiger partial charge in [0.15, 0.2) is 0 Å². The van der Waals surface area contributed by atoms with Gasteiger partial charge in [-0.2, -0.15) is 5.26 Å². The van der Waals surface area contributed by atoms with Crippen LogP contribution in [0.2, 0.25) is 0 Å². The molecule has 108 valence electrons. The predicted octanol–water partition coefficient (Wildman–Crippen LogP) is 1.78. The molecule has 0 amide bonds. The SMILES string of the molecule is CCSc1cccc(N2CCN(CCO)CC2)c1C#N. The van der Waals surface area contributed by atoms with Gasteiger partial charge in [-0.15, -0.1) is 11.8 Å². The van der Waals surface area contributed by atoms with E-state index in [4.69, 9.17) is 5.11 Å². The van der Waals surface area contributed by atoms with Gasteiger partial charge in [0.2, 0.25) is 0 Å². The maximum atomic E-state index is 9.46. The molecule has 1 N–H and O–H groups in total. The third-order valence-corrected chi connectivity index (χ3v) is 4.48. The lowest BCUT2D eigenvalue weighted by Gasteiger charge is -2.36. The number of hydrogen-bond acceptors (Lipinski definition) is 5. The molecule has 1 heterocycles. The van der Waals surface area contributed by atoms with Crippen molar-refractivity contribution in [1.29, 1.82) is 5.26 Å². The Morgan fingerprint density at radius 1 is 1.30 bits per heavy atom. The number of aliphatic hydroxyl groups excluding tert-OH is 1. The lowest BCUT2D eigenvalue weighted by atomic mass is 10.1. The number of β-amino-alcohol motifs (C(OH)–C–C–N with tert-alkyl or cyclic N) is 1. The fourth-order valence-electron chi connectivity index (χ4n) is 2.53. The summed E-state index contributed by atoms with van der Waals surface area (Å²) >= 11 is 1.72. The number of piperazine rings is 1. The molecular weight excluding hydrogens is 270 g/mol. The number of hydrogen-bond donors (Lipinski definition) is 1. The summed E-state index contributed by atoms with van der Waals surface area (Å²) in [5.41, 5.74) is 1.85. The van der Waals surface area contributed by atoms with E-state index in [2.05, 4.69) is 22.8 Å². The monoisotopic (exact) mass is 291 g/mol. The van der Waals surface area contributed by atoms with Crippen molar-refractivity contribution in [2.24, 2.45) is 0 Å². The molecule has 1 fully saturated rings. The topological polar surface area (TPSA) is 50.5 Å². The van der Waals surface area contributed by atoms with Gasteiger partial charge < -0.3 is 10.0 Å². The van der Waals surface area contributed by atoms with Crippen molar-refractivity contribution in [3.63, 3.8) is 0 Å². The van der Waals surface area contributed by atoms with Crippen molar-refractivity contribution >= 4 is 17.4 Å². The Morgan fingerprint density at radius 3 is 2.65 bits per heavy atom. The first-order valence-corrected chi connectivity index (χ1v) is 8.02. The van der Waals surface area contributed by atoms with Crippen LogP contribution >= 0.6 is 11.8 Å². The average Bonchev–Trinajstić information content (AvgIpc) is 2.48. The van der Waals surface area contributed by atoms with Crippen molar-refractivity contribution in [3.05, 3.63) is 23.8 Å². The van der Waals surface area contributed by atoms with Crippen LogP contribution in [0.3, 0.4) is 0 Å². The van der Waals surface area contributed by atoms with Gasteiger partial charge in [0.05, 0.1) is 17.9 Å². The van der Waals surface area contributed by atoms with Crippen LogP contribution in [0.25, 0.3) is 0 Å². The van der Waals surface area contributed by atoms with Crippen LogP contribution in [0.5, 0.6) is 0 Å². The summed E-state index contributed by atoms with van der Waals surface area (Å²) in [6.07, 6.45) is 0. The van der Waals surface area contributed by atoms with E-state index in [1.807, 2.05) is 18.2 Å². The van der Waals surface area contributed by atoms with Gasteiger partial charge in [-0.3, -0.25) is 4.90 Å². The summed E-state index contributed by atoms with van der Waals surface area (Å²) in [4.78, 5) is 5.62. The maximum absolute atomic E-state index is 9.46. The Morgan fingerprint density at radius 2 is 2.05 bits per heavy atom. The molecule has 0 aliphatic carbocycles. The molecule has 1 saturated heterocycles. The summed E-state index contributed by atoms with van der Waals surface area (Å²) in [6, 6.07) is 8.47. The molecule has 0 radical (unpaired) electrons. The highest BCUT2D eigenvalue weighted by Crippen LogP contribution is 2.30. The van der Waals surface area contributed by atoms with E-state index >= 15 is 0 Å². The fourth-order valence-corrected chi connectivity index (χ4v) is 3.31. The van der Waals surface area contributed by atoms with Crippen LogP contribution in [0.4, 0.5) is 5.69 Å². The molecule has 0 saturated carbocycles. The van der Waals surface area contributed by atoms with Crippen molar-refractivity contribution in [3.8, 4) is 6.07 Å². The minimum Gasteiger partial charge on any atom is -0.395 e. The lowest BCUT2D eigenvalue weighted by Crippen LogP contribution is -2.47. The third-order valence-electron chi connectivity index (χ3n) is 3.55. The highest BCUT2D eigenvalue weighted by molar-refractivity contribution is 7.99. The Bertz CT molecular complexity index is 478. The largest absolute Gasteiger partial charge is 0.395 e. The van der Waals surface area contributed by atoms with Gasteiger partial charge in [0.25, 0.3) is 0 Å². The first-order valence-electron chi connectivity index (χ1n) is 7.04. The summed E-state index contributed by atoms with van der Waals surface area (Å²) in [5, 5.41) is 18.4. The van der Waals surface area contributed by atoms with Crippen LogP contribution in [-0.2, 0) is 0 Å². The Hall–Kier alpha value is -1.22. The maximum Gasteiger partial charge on any atom is 0.103 e. The molecule has 1 aliphatic rings. The molecule has 2 rings (SSSR count). The summed E-state index contributed by atoms with van der Waals surface area (Å²) in [6.45, 7) is 6.76. The van der Waals surface area contributed by atoms with Crippen molar-refractivity contribution in [2.45, 2.75) is 11.8 Å². The van der Waals surface area contributed by atoms with Gasteiger partial charge in [-0.1, -0.05) is 13.0 Å². The van der Waals surface area contributed by atoms with Crippen LogP contribution in [0, 0.1) is 11.3 Å². The van der Waals surface area contributed by atoms with E-state index in [1.165, 1.54) is 0 Å². The van der Waals surface area contributed by atoms with Crippen LogP contribution < -0.4 is 4.90 Å². The molecule has 0 bridgehead atoms. The van der Waals surface area contributed by atoms with Gasteiger partial charge >= 0.3 is 0 Å². The van der Waals surface area contributed by atoms with Crippen LogP contribution in [-0.4, -0.2) is 55.1 Å². The van der Waals surface area contributed by atoms with Crippen molar-refractivity contribution < 1.29 is 5.11 Å². The Balaban J connectivity index is 2.14. The molecule has 5 heteroatoms. The van der Waals surface area contributed by atoms with Crippen molar-refractivity contribution in [1.82, 2.24) is 4.90 Å². The molecule has 0 atom stereocenters. The lowest BCUT2D eigenvalue weighted by molar-refractivity contribution is 0.189. The van der Waals surface area contributed by atoms with E-state index < -0.39 is 0 Å². The average molecular weight is 291 g/mol. The summed E-state index contributed by atoms with van der Waals surface area (Å²) in [7, 11) is 0. The fraction of sp³-hybridized carbons (Fsp3) is 0.533. The zero-order chi connectivity index (χ0) is 14.4. The normalized spacial score (nSPS) is 16.1. The van der Waals surface area contributed by atoms with E-state index in [1.54, 1.807) is 11.8 Å². The van der Waals surface area contributed by atoms with E-state index in [0.29, 0.717) is 0 Å². The van der Waals surface area contributed by atoms with Gasteiger partial charge in [0, 0.05) is 37.6 Å². The second-order valence-corrected chi connectivity index (χ2v) is 6.05. The zero-order valence-electron chi connectivity index (χ0n) is 11.9. The molecule has 1 aromatic carbocycles. The summed E-state index contributed by atoms with van der Waals surface area (Å²) < 4.78 is 0. The highest BCUT2D eigenvalue weighted by Gasteiger charge is 2.20. The molecule has 0 unspecified atom stereocenters. The van der Waals surface area contributed by atoms with Crippen molar-refractivity contribution in [2.75, 3.05) is 50.0 Å². The predicted molar refractivity (Wildman–Crippen MR) is 83.3 cm³/mol. The smallest absolute Gasteiger partial charge is 0.103 e. The van der Waals surface area contributed by atoms with E-state index in [0.717, 1.165) is 54.6 Å². The molecule has 1 aromatic rings. The highest BCUT2D eigenvalue weighted by atomic mass is 32.2. The number of nitriles is 1.